The molecule has 3 fully saturated rings. The standard InChI is InChI=1S/C16H30N2O/c1-2-7-18-16-11-19-10-14(16)8-17-9-15(12-3-4-12)13-5-6-13/h12-18H,2-11H2,1H3. The average Bonchev–Trinajstić information content (AvgIpc) is 3.32. The molecule has 3 rings (SSSR count). The fraction of sp³-hybridized carbons (Fsp3) is 1.00. The number of ether oxygens (including phenoxy) is 1. The summed E-state index contributed by atoms with van der Waals surface area (Å²) in [6.45, 7) is 7.58. The van der Waals surface area contributed by atoms with E-state index in [-0.39, 0.29) is 0 Å². The van der Waals surface area contributed by atoms with Crippen LogP contribution in [0.1, 0.15) is 39.0 Å². The Morgan fingerprint density at radius 2 is 1.84 bits per heavy atom. The quantitative estimate of drug-likeness (QED) is 0.670. The van der Waals surface area contributed by atoms with E-state index in [0.717, 1.165) is 44.1 Å². The minimum atomic E-state index is 0.577. The molecule has 19 heavy (non-hydrogen) atoms. The second kappa shape index (κ2) is 6.55. The van der Waals surface area contributed by atoms with Crippen LogP contribution in [0.15, 0.2) is 0 Å². The van der Waals surface area contributed by atoms with Crippen molar-refractivity contribution in [1.29, 1.82) is 0 Å². The maximum absolute atomic E-state index is 5.64. The van der Waals surface area contributed by atoms with Gasteiger partial charge in [-0.05, 0) is 62.9 Å². The predicted molar refractivity (Wildman–Crippen MR) is 78.2 cm³/mol. The minimum Gasteiger partial charge on any atom is -0.379 e. The third-order valence-electron chi connectivity index (χ3n) is 5.10. The summed E-state index contributed by atoms with van der Waals surface area (Å²) in [4.78, 5) is 0. The molecule has 0 aromatic heterocycles. The van der Waals surface area contributed by atoms with Crippen LogP contribution in [0.5, 0.6) is 0 Å². The molecule has 1 aliphatic heterocycles. The van der Waals surface area contributed by atoms with Crippen LogP contribution in [0.4, 0.5) is 0 Å². The molecule has 1 saturated heterocycles. The SMILES string of the molecule is CCCNC1COCC1CNCC(C1CC1)C1CC1. The number of rotatable bonds is 9. The lowest BCUT2D eigenvalue weighted by Crippen LogP contribution is -2.41. The summed E-state index contributed by atoms with van der Waals surface area (Å²) in [7, 11) is 0. The first-order valence-electron chi connectivity index (χ1n) is 8.40. The molecule has 2 N–H and O–H groups in total. The van der Waals surface area contributed by atoms with E-state index in [1.165, 1.54) is 38.6 Å². The maximum Gasteiger partial charge on any atom is 0.0623 e. The predicted octanol–water partition coefficient (Wildman–Crippen LogP) is 2.03. The molecule has 0 aromatic carbocycles. The zero-order valence-electron chi connectivity index (χ0n) is 12.4. The molecule has 3 heteroatoms. The Bertz CT molecular complexity index is 264. The number of nitrogens with one attached hydrogen (secondary N) is 2. The smallest absolute Gasteiger partial charge is 0.0623 e. The molecule has 0 aromatic rings. The molecule has 2 aliphatic carbocycles. The van der Waals surface area contributed by atoms with Crippen LogP contribution in [-0.2, 0) is 4.74 Å². The van der Waals surface area contributed by atoms with Crippen molar-refractivity contribution in [2.75, 3.05) is 32.8 Å². The Morgan fingerprint density at radius 1 is 1.11 bits per heavy atom. The van der Waals surface area contributed by atoms with E-state index in [4.69, 9.17) is 4.74 Å². The van der Waals surface area contributed by atoms with Crippen molar-refractivity contribution in [3.8, 4) is 0 Å². The van der Waals surface area contributed by atoms with E-state index in [9.17, 15) is 0 Å². The fourth-order valence-corrected chi connectivity index (χ4v) is 3.56. The first kappa shape index (κ1) is 13.8. The van der Waals surface area contributed by atoms with Crippen molar-refractivity contribution in [3.05, 3.63) is 0 Å². The summed E-state index contributed by atoms with van der Waals surface area (Å²) < 4.78 is 5.64. The van der Waals surface area contributed by atoms with E-state index in [2.05, 4.69) is 17.6 Å². The maximum atomic E-state index is 5.64. The van der Waals surface area contributed by atoms with Crippen LogP contribution in [0, 0.1) is 23.7 Å². The van der Waals surface area contributed by atoms with Crippen molar-refractivity contribution >= 4 is 0 Å². The summed E-state index contributed by atoms with van der Waals surface area (Å²) >= 11 is 0. The summed E-state index contributed by atoms with van der Waals surface area (Å²) in [5.74, 6) is 3.79. The van der Waals surface area contributed by atoms with Crippen molar-refractivity contribution in [3.63, 3.8) is 0 Å². The van der Waals surface area contributed by atoms with Gasteiger partial charge in [-0.2, -0.15) is 0 Å². The molecule has 0 bridgehead atoms. The third-order valence-corrected chi connectivity index (χ3v) is 5.10. The molecule has 110 valence electrons. The Balaban J connectivity index is 1.36. The van der Waals surface area contributed by atoms with E-state index in [1.807, 2.05) is 0 Å². The van der Waals surface area contributed by atoms with Gasteiger partial charge in [-0.3, -0.25) is 0 Å². The lowest BCUT2D eigenvalue weighted by molar-refractivity contribution is 0.181. The minimum absolute atomic E-state index is 0.577. The van der Waals surface area contributed by atoms with Crippen LogP contribution in [-0.4, -0.2) is 38.9 Å². The summed E-state index contributed by atoms with van der Waals surface area (Å²) in [6, 6.07) is 0.577. The van der Waals surface area contributed by atoms with Gasteiger partial charge < -0.3 is 15.4 Å². The molecule has 0 spiro atoms. The highest BCUT2D eigenvalue weighted by Crippen LogP contribution is 2.48. The van der Waals surface area contributed by atoms with Gasteiger partial charge in [0.1, 0.15) is 0 Å². The second-order valence-corrected chi connectivity index (χ2v) is 6.86. The van der Waals surface area contributed by atoms with Gasteiger partial charge in [0, 0.05) is 18.5 Å². The van der Waals surface area contributed by atoms with Crippen molar-refractivity contribution in [2.45, 2.75) is 45.1 Å². The van der Waals surface area contributed by atoms with Gasteiger partial charge in [0.15, 0.2) is 0 Å². The topological polar surface area (TPSA) is 33.3 Å². The highest BCUT2D eigenvalue weighted by molar-refractivity contribution is 4.93. The highest BCUT2D eigenvalue weighted by Gasteiger charge is 2.41. The molecule has 3 nitrogen and oxygen atoms in total. The van der Waals surface area contributed by atoms with E-state index >= 15 is 0 Å². The van der Waals surface area contributed by atoms with Crippen LogP contribution < -0.4 is 10.6 Å². The Hall–Kier alpha value is -0.120. The van der Waals surface area contributed by atoms with Crippen LogP contribution >= 0.6 is 0 Å². The Labute approximate surface area is 117 Å². The van der Waals surface area contributed by atoms with Crippen molar-refractivity contribution in [1.82, 2.24) is 10.6 Å². The van der Waals surface area contributed by atoms with Gasteiger partial charge in [0.05, 0.1) is 13.2 Å². The van der Waals surface area contributed by atoms with Gasteiger partial charge in [0.25, 0.3) is 0 Å². The average molecular weight is 266 g/mol. The largest absolute Gasteiger partial charge is 0.379 e. The third kappa shape index (κ3) is 3.93. The highest BCUT2D eigenvalue weighted by atomic mass is 16.5. The van der Waals surface area contributed by atoms with Gasteiger partial charge >= 0.3 is 0 Å². The zero-order chi connectivity index (χ0) is 13.1. The summed E-state index contributed by atoms with van der Waals surface area (Å²) in [6.07, 6.45) is 7.19. The van der Waals surface area contributed by atoms with Crippen LogP contribution in [0.25, 0.3) is 0 Å². The van der Waals surface area contributed by atoms with Crippen molar-refractivity contribution in [2.24, 2.45) is 23.7 Å². The van der Waals surface area contributed by atoms with Crippen LogP contribution in [0.2, 0.25) is 0 Å². The lowest BCUT2D eigenvalue weighted by Gasteiger charge is -2.22. The zero-order valence-corrected chi connectivity index (χ0v) is 12.4. The first-order chi connectivity index (χ1) is 9.38. The Kier molecular flexibility index (Phi) is 4.78. The lowest BCUT2D eigenvalue weighted by atomic mass is 9.97. The van der Waals surface area contributed by atoms with Gasteiger partial charge in [-0.25, -0.2) is 0 Å². The second-order valence-electron chi connectivity index (χ2n) is 6.86. The van der Waals surface area contributed by atoms with E-state index in [1.54, 1.807) is 0 Å². The van der Waals surface area contributed by atoms with Gasteiger partial charge in [-0.1, -0.05) is 6.92 Å². The molecule has 0 amide bonds. The molecule has 2 unspecified atom stereocenters. The first-order valence-corrected chi connectivity index (χ1v) is 8.40. The van der Waals surface area contributed by atoms with Crippen molar-refractivity contribution < 1.29 is 4.74 Å². The number of hydrogen-bond donors (Lipinski definition) is 2. The summed E-state index contributed by atoms with van der Waals surface area (Å²) in [5.41, 5.74) is 0. The van der Waals surface area contributed by atoms with Gasteiger partial charge in [0.2, 0.25) is 0 Å². The molecule has 3 aliphatic rings. The molecular formula is C16H30N2O. The summed E-state index contributed by atoms with van der Waals surface area (Å²) in [5, 5.41) is 7.38. The Morgan fingerprint density at radius 3 is 2.47 bits per heavy atom. The molecular weight excluding hydrogens is 236 g/mol. The number of hydrogen-bond acceptors (Lipinski definition) is 3. The molecule has 2 atom stereocenters. The van der Waals surface area contributed by atoms with E-state index < -0.39 is 0 Å². The van der Waals surface area contributed by atoms with Gasteiger partial charge in [-0.15, -0.1) is 0 Å². The fourth-order valence-electron chi connectivity index (χ4n) is 3.56. The molecule has 0 radical (unpaired) electrons. The van der Waals surface area contributed by atoms with E-state index in [0.29, 0.717) is 12.0 Å². The van der Waals surface area contributed by atoms with Crippen LogP contribution in [0.3, 0.4) is 0 Å². The monoisotopic (exact) mass is 266 g/mol. The molecule has 2 saturated carbocycles. The molecule has 1 heterocycles. The normalized spacial score (nSPS) is 31.3.